The van der Waals surface area contributed by atoms with Gasteiger partial charge in [-0.05, 0) is 18.2 Å². The Hall–Kier alpha value is -1.84. The van der Waals surface area contributed by atoms with E-state index in [-0.39, 0.29) is 11.7 Å². The van der Waals surface area contributed by atoms with Crippen molar-refractivity contribution < 1.29 is 14.7 Å². The standard InChI is InChI=1S/C9H9NO3/c1-6(12)10-8-3-2-7(5-11)4-9(8)13/h2-5,13H,1H3,(H,10,12). The van der Waals surface area contributed by atoms with Crippen molar-refractivity contribution in [1.29, 1.82) is 0 Å². The first kappa shape index (κ1) is 9.25. The average molecular weight is 179 g/mol. The van der Waals surface area contributed by atoms with Gasteiger partial charge in [0, 0.05) is 12.5 Å². The third-order valence-corrected chi connectivity index (χ3v) is 1.47. The summed E-state index contributed by atoms with van der Waals surface area (Å²) in [5.41, 5.74) is 0.671. The molecule has 68 valence electrons. The first-order valence-electron chi connectivity index (χ1n) is 3.69. The molecule has 0 heterocycles. The highest BCUT2D eigenvalue weighted by Crippen LogP contribution is 2.23. The van der Waals surface area contributed by atoms with Crippen LogP contribution in [0.5, 0.6) is 5.75 Å². The van der Waals surface area contributed by atoms with Gasteiger partial charge in [-0.15, -0.1) is 0 Å². The number of rotatable bonds is 2. The predicted octanol–water partition coefficient (Wildman–Crippen LogP) is 1.16. The molecule has 1 aromatic rings. The third kappa shape index (κ3) is 2.30. The maximum absolute atomic E-state index is 10.6. The first-order chi connectivity index (χ1) is 6.13. The number of anilines is 1. The van der Waals surface area contributed by atoms with Crippen molar-refractivity contribution in [2.24, 2.45) is 0 Å². The summed E-state index contributed by atoms with van der Waals surface area (Å²) in [5, 5.41) is 11.7. The number of phenolic OH excluding ortho intramolecular Hbond substituents is 1. The molecular weight excluding hydrogens is 170 g/mol. The smallest absolute Gasteiger partial charge is 0.221 e. The number of aromatic hydroxyl groups is 1. The van der Waals surface area contributed by atoms with E-state index in [1.165, 1.54) is 25.1 Å². The highest BCUT2D eigenvalue weighted by Gasteiger charge is 2.02. The van der Waals surface area contributed by atoms with Crippen molar-refractivity contribution >= 4 is 17.9 Å². The van der Waals surface area contributed by atoms with Gasteiger partial charge < -0.3 is 10.4 Å². The van der Waals surface area contributed by atoms with E-state index in [1.54, 1.807) is 0 Å². The van der Waals surface area contributed by atoms with E-state index in [1.807, 2.05) is 0 Å². The van der Waals surface area contributed by atoms with E-state index in [9.17, 15) is 14.7 Å². The van der Waals surface area contributed by atoms with Crippen molar-refractivity contribution in [3.63, 3.8) is 0 Å². The van der Waals surface area contributed by atoms with Crippen molar-refractivity contribution in [1.82, 2.24) is 0 Å². The molecule has 0 radical (unpaired) electrons. The minimum absolute atomic E-state index is 0.111. The van der Waals surface area contributed by atoms with Crippen molar-refractivity contribution in [3.8, 4) is 5.75 Å². The molecule has 0 saturated heterocycles. The molecule has 1 aromatic carbocycles. The highest BCUT2D eigenvalue weighted by atomic mass is 16.3. The molecule has 0 saturated carbocycles. The second-order valence-electron chi connectivity index (χ2n) is 2.58. The lowest BCUT2D eigenvalue weighted by molar-refractivity contribution is -0.114. The molecule has 0 unspecified atom stereocenters. The molecule has 1 amide bonds. The highest BCUT2D eigenvalue weighted by molar-refractivity contribution is 5.91. The maximum Gasteiger partial charge on any atom is 0.221 e. The van der Waals surface area contributed by atoms with Crippen LogP contribution < -0.4 is 5.32 Å². The molecule has 0 atom stereocenters. The molecule has 4 nitrogen and oxygen atoms in total. The summed E-state index contributed by atoms with van der Waals surface area (Å²) < 4.78 is 0. The van der Waals surface area contributed by atoms with Crippen LogP contribution >= 0.6 is 0 Å². The number of benzene rings is 1. The van der Waals surface area contributed by atoms with Gasteiger partial charge >= 0.3 is 0 Å². The fraction of sp³-hybridized carbons (Fsp3) is 0.111. The lowest BCUT2D eigenvalue weighted by Crippen LogP contribution is -2.05. The molecule has 0 aliphatic rings. The zero-order chi connectivity index (χ0) is 9.84. The van der Waals surface area contributed by atoms with Crippen molar-refractivity contribution in [2.45, 2.75) is 6.92 Å². The minimum Gasteiger partial charge on any atom is -0.506 e. The summed E-state index contributed by atoms with van der Waals surface area (Å²) in [6.45, 7) is 1.34. The zero-order valence-corrected chi connectivity index (χ0v) is 7.07. The molecule has 0 aromatic heterocycles. The molecule has 0 aliphatic heterocycles. The van der Waals surface area contributed by atoms with Gasteiger partial charge in [0.25, 0.3) is 0 Å². The Kier molecular flexibility index (Phi) is 2.64. The van der Waals surface area contributed by atoms with Crippen molar-refractivity contribution in [3.05, 3.63) is 23.8 Å². The lowest BCUT2D eigenvalue weighted by atomic mass is 10.2. The molecule has 13 heavy (non-hydrogen) atoms. The lowest BCUT2D eigenvalue weighted by Gasteiger charge is -2.04. The molecule has 2 N–H and O–H groups in total. The number of hydrogen-bond donors (Lipinski definition) is 2. The van der Waals surface area contributed by atoms with E-state index in [2.05, 4.69) is 5.32 Å². The van der Waals surface area contributed by atoms with Crippen LogP contribution in [-0.2, 0) is 4.79 Å². The largest absolute Gasteiger partial charge is 0.506 e. The fourth-order valence-electron chi connectivity index (χ4n) is 0.917. The number of carbonyl (C=O) groups excluding carboxylic acids is 2. The van der Waals surface area contributed by atoms with E-state index >= 15 is 0 Å². The number of hydrogen-bond acceptors (Lipinski definition) is 3. The summed E-state index contributed by atoms with van der Waals surface area (Å²) in [6.07, 6.45) is 0.622. The van der Waals surface area contributed by atoms with E-state index < -0.39 is 0 Å². The number of amides is 1. The predicted molar refractivity (Wildman–Crippen MR) is 47.8 cm³/mol. The van der Waals surface area contributed by atoms with Gasteiger partial charge in [0.2, 0.25) is 5.91 Å². The van der Waals surface area contributed by atoms with Crippen LogP contribution in [0.25, 0.3) is 0 Å². The molecule has 0 aliphatic carbocycles. The monoisotopic (exact) mass is 179 g/mol. The van der Waals surface area contributed by atoms with Gasteiger partial charge in [0.05, 0.1) is 5.69 Å². The van der Waals surface area contributed by atoms with Gasteiger partial charge in [-0.2, -0.15) is 0 Å². The molecule has 1 rings (SSSR count). The zero-order valence-electron chi connectivity index (χ0n) is 7.07. The van der Waals surface area contributed by atoms with E-state index in [4.69, 9.17) is 0 Å². The Labute approximate surface area is 75.2 Å². The van der Waals surface area contributed by atoms with Crippen LogP contribution in [0.3, 0.4) is 0 Å². The number of nitrogens with one attached hydrogen (secondary N) is 1. The Morgan fingerprint density at radius 3 is 2.69 bits per heavy atom. The van der Waals surface area contributed by atoms with Crippen LogP contribution in [0.1, 0.15) is 17.3 Å². The summed E-state index contributed by atoms with van der Waals surface area (Å²) >= 11 is 0. The second kappa shape index (κ2) is 3.71. The summed E-state index contributed by atoms with van der Waals surface area (Å²) in [7, 11) is 0. The first-order valence-corrected chi connectivity index (χ1v) is 3.69. The summed E-state index contributed by atoms with van der Waals surface area (Å²) in [5.74, 6) is -0.381. The van der Waals surface area contributed by atoms with E-state index in [0.717, 1.165) is 0 Å². The SMILES string of the molecule is CC(=O)Nc1ccc(C=O)cc1O. The summed E-state index contributed by atoms with van der Waals surface area (Å²) in [6, 6.07) is 4.27. The van der Waals surface area contributed by atoms with Crippen LogP contribution in [0, 0.1) is 0 Å². The quantitative estimate of drug-likeness (QED) is 0.529. The van der Waals surface area contributed by atoms with Crippen LogP contribution in [0.4, 0.5) is 5.69 Å². The normalized spacial score (nSPS) is 9.31. The van der Waals surface area contributed by atoms with Crippen LogP contribution in [0.2, 0.25) is 0 Å². The second-order valence-corrected chi connectivity index (χ2v) is 2.58. The number of carbonyl (C=O) groups is 2. The van der Waals surface area contributed by atoms with Gasteiger partial charge in [0.1, 0.15) is 12.0 Å². The molecule has 4 heteroatoms. The van der Waals surface area contributed by atoms with Crippen molar-refractivity contribution in [2.75, 3.05) is 5.32 Å². The topological polar surface area (TPSA) is 66.4 Å². The van der Waals surface area contributed by atoms with Gasteiger partial charge in [0.15, 0.2) is 0 Å². The van der Waals surface area contributed by atoms with Gasteiger partial charge in [-0.1, -0.05) is 0 Å². The molecular formula is C9H9NO3. The Balaban J connectivity index is 2.98. The third-order valence-electron chi connectivity index (χ3n) is 1.47. The maximum atomic E-state index is 10.6. The average Bonchev–Trinajstić information content (AvgIpc) is 2.08. The van der Waals surface area contributed by atoms with Crippen LogP contribution in [0.15, 0.2) is 18.2 Å². The van der Waals surface area contributed by atoms with E-state index in [0.29, 0.717) is 17.5 Å². The molecule has 0 bridgehead atoms. The fourth-order valence-corrected chi connectivity index (χ4v) is 0.917. The summed E-state index contributed by atoms with van der Waals surface area (Å²) in [4.78, 5) is 20.9. The molecule has 0 spiro atoms. The Morgan fingerprint density at radius 1 is 1.54 bits per heavy atom. The van der Waals surface area contributed by atoms with Crippen LogP contribution in [-0.4, -0.2) is 17.3 Å². The Bertz CT molecular complexity index is 347. The minimum atomic E-state index is -0.269. The number of aldehydes is 1. The van der Waals surface area contributed by atoms with Gasteiger partial charge in [-0.25, -0.2) is 0 Å². The van der Waals surface area contributed by atoms with Gasteiger partial charge in [-0.3, -0.25) is 9.59 Å². The number of phenols is 1. The molecule has 0 fully saturated rings. The Morgan fingerprint density at radius 2 is 2.23 bits per heavy atom.